The number of halogens is 1. The molecular formula is C24H28ClNO2. The molecule has 0 bridgehead atoms. The number of nitrogens with one attached hydrogen (secondary N) is 1. The number of benzene rings is 2. The van der Waals surface area contributed by atoms with Crippen molar-refractivity contribution in [2.75, 3.05) is 0 Å². The molecule has 2 fully saturated rings. The van der Waals surface area contributed by atoms with Crippen molar-refractivity contribution in [2.24, 2.45) is 5.92 Å². The Kier molecular flexibility index (Phi) is 5.75. The van der Waals surface area contributed by atoms with E-state index >= 15 is 0 Å². The molecule has 2 aromatic rings. The number of carbonyl (C=O) groups is 1. The summed E-state index contributed by atoms with van der Waals surface area (Å²) in [6, 6.07) is 17.7. The molecule has 2 aromatic carbocycles. The maximum absolute atomic E-state index is 12.8. The molecule has 1 aliphatic carbocycles. The van der Waals surface area contributed by atoms with Crippen molar-refractivity contribution in [3.63, 3.8) is 0 Å². The summed E-state index contributed by atoms with van der Waals surface area (Å²) >= 11 is 6.04. The Morgan fingerprint density at radius 2 is 1.82 bits per heavy atom. The molecule has 2 aliphatic rings. The molecule has 4 heteroatoms. The second kappa shape index (κ2) is 8.26. The van der Waals surface area contributed by atoms with Crippen molar-refractivity contribution < 1.29 is 9.53 Å². The van der Waals surface area contributed by atoms with Crippen LogP contribution < -0.4 is 5.32 Å². The van der Waals surface area contributed by atoms with Crippen molar-refractivity contribution in [1.29, 1.82) is 0 Å². The highest BCUT2D eigenvalue weighted by atomic mass is 35.5. The Morgan fingerprint density at radius 3 is 2.57 bits per heavy atom. The van der Waals surface area contributed by atoms with E-state index in [1.54, 1.807) is 0 Å². The fourth-order valence-corrected chi connectivity index (χ4v) is 5.04. The highest BCUT2D eigenvalue weighted by molar-refractivity contribution is 6.30. The van der Waals surface area contributed by atoms with Crippen LogP contribution in [0.15, 0.2) is 54.6 Å². The molecule has 1 saturated carbocycles. The largest absolute Gasteiger partial charge is 0.371 e. The number of amides is 1. The van der Waals surface area contributed by atoms with Crippen LogP contribution >= 0.6 is 11.6 Å². The van der Waals surface area contributed by atoms with E-state index in [1.807, 2.05) is 42.5 Å². The number of hydrogen-bond acceptors (Lipinski definition) is 2. The first-order valence-corrected chi connectivity index (χ1v) is 10.7. The number of rotatable bonds is 4. The molecule has 0 spiro atoms. The third-order valence-electron chi connectivity index (χ3n) is 6.20. The second-order valence-electron chi connectivity index (χ2n) is 8.51. The van der Waals surface area contributed by atoms with E-state index in [-0.39, 0.29) is 23.7 Å². The quantitative estimate of drug-likeness (QED) is 0.748. The predicted octanol–water partition coefficient (Wildman–Crippen LogP) is 5.42. The molecule has 1 saturated heterocycles. The molecule has 3 nitrogen and oxygen atoms in total. The molecule has 0 aromatic heterocycles. The summed E-state index contributed by atoms with van der Waals surface area (Å²) in [5, 5.41) is 4.09. The highest BCUT2D eigenvalue weighted by Gasteiger charge is 2.45. The maximum atomic E-state index is 12.8. The number of carbonyl (C=O) groups excluding carboxylic acids is 1. The van der Waals surface area contributed by atoms with Gasteiger partial charge in [0.1, 0.15) is 0 Å². The van der Waals surface area contributed by atoms with Gasteiger partial charge in [-0.2, -0.15) is 0 Å². The van der Waals surface area contributed by atoms with Gasteiger partial charge in [0.2, 0.25) is 0 Å². The lowest BCUT2D eigenvalue weighted by Crippen LogP contribution is -2.57. The van der Waals surface area contributed by atoms with E-state index in [4.69, 9.17) is 16.3 Å². The van der Waals surface area contributed by atoms with E-state index in [9.17, 15) is 4.79 Å². The molecule has 1 heterocycles. The van der Waals surface area contributed by atoms with Crippen molar-refractivity contribution in [3.8, 4) is 0 Å². The van der Waals surface area contributed by atoms with E-state index in [0.717, 1.165) is 36.3 Å². The van der Waals surface area contributed by atoms with Gasteiger partial charge in [0.25, 0.3) is 5.91 Å². The standard InChI is InChI=1S/C24H28ClNO2/c1-24(15-17-11-13-19(25)14-12-17)16-21(20-9-5-6-10-22(20)28-24)26-23(27)18-7-3-2-4-8-18/h2-4,7-8,11-14,20-22H,5-6,9-10,15-16H2,1H3,(H,26,27)/t20-,21+,22+,24-/m0/s1. The van der Waals surface area contributed by atoms with E-state index in [2.05, 4.69) is 24.4 Å². The first-order chi connectivity index (χ1) is 13.5. The molecular weight excluding hydrogens is 370 g/mol. The topological polar surface area (TPSA) is 38.3 Å². The van der Waals surface area contributed by atoms with Crippen LogP contribution in [0.5, 0.6) is 0 Å². The Labute approximate surface area is 172 Å². The molecule has 148 valence electrons. The lowest BCUT2D eigenvalue weighted by Gasteiger charge is -2.49. The first-order valence-electron chi connectivity index (χ1n) is 10.3. The van der Waals surface area contributed by atoms with Crippen molar-refractivity contribution in [3.05, 3.63) is 70.7 Å². The Bertz CT molecular complexity index is 807. The summed E-state index contributed by atoms with van der Waals surface area (Å²) in [6.45, 7) is 2.19. The third kappa shape index (κ3) is 4.42. The van der Waals surface area contributed by atoms with Crippen molar-refractivity contribution in [1.82, 2.24) is 5.32 Å². The van der Waals surface area contributed by atoms with E-state index < -0.39 is 0 Å². The zero-order chi connectivity index (χ0) is 19.6. The molecule has 28 heavy (non-hydrogen) atoms. The highest BCUT2D eigenvalue weighted by Crippen LogP contribution is 2.41. The van der Waals surface area contributed by atoms with Crippen LogP contribution in [0.2, 0.25) is 5.02 Å². The summed E-state index contributed by atoms with van der Waals surface area (Å²) in [6.07, 6.45) is 6.51. The minimum absolute atomic E-state index is 0.0191. The van der Waals surface area contributed by atoms with Gasteiger partial charge in [-0.3, -0.25) is 4.79 Å². The molecule has 1 aliphatic heterocycles. The molecule has 1 amide bonds. The maximum Gasteiger partial charge on any atom is 0.251 e. The van der Waals surface area contributed by atoms with Gasteiger partial charge in [-0.25, -0.2) is 0 Å². The summed E-state index contributed by atoms with van der Waals surface area (Å²) in [4.78, 5) is 12.8. The van der Waals surface area contributed by atoms with E-state index in [0.29, 0.717) is 5.92 Å². The lowest BCUT2D eigenvalue weighted by molar-refractivity contribution is -0.164. The van der Waals surface area contributed by atoms with Gasteiger partial charge in [0.15, 0.2) is 0 Å². The van der Waals surface area contributed by atoms with Crippen LogP contribution in [0.4, 0.5) is 0 Å². The molecule has 0 unspecified atom stereocenters. The van der Waals surface area contributed by atoms with E-state index in [1.165, 1.54) is 18.4 Å². The minimum Gasteiger partial charge on any atom is -0.371 e. The summed E-state index contributed by atoms with van der Waals surface area (Å²) in [5.41, 5.74) is 1.65. The molecule has 1 N–H and O–H groups in total. The molecule has 0 radical (unpaired) electrons. The Balaban J connectivity index is 1.53. The van der Waals surface area contributed by atoms with Gasteiger partial charge < -0.3 is 10.1 Å². The van der Waals surface area contributed by atoms with Crippen LogP contribution in [-0.2, 0) is 11.2 Å². The normalized spacial score (nSPS) is 29.7. The third-order valence-corrected chi connectivity index (χ3v) is 6.45. The van der Waals surface area contributed by atoms with Crippen LogP contribution in [0, 0.1) is 5.92 Å². The second-order valence-corrected chi connectivity index (χ2v) is 8.94. The first kappa shape index (κ1) is 19.5. The summed E-state index contributed by atoms with van der Waals surface area (Å²) in [7, 11) is 0. The average molecular weight is 398 g/mol. The average Bonchev–Trinajstić information content (AvgIpc) is 2.70. The van der Waals surface area contributed by atoms with Crippen LogP contribution in [-0.4, -0.2) is 23.7 Å². The van der Waals surface area contributed by atoms with Gasteiger partial charge in [0, 0.05) is 29.0 Å². The SMILES string of the molecule is C[C@]1(Cc2ccc(Cl)cc2)C[C@@H](NC(=O)c2ccccc2)[C@@H]2CCCC[C@H]2O1. The number of ether oxygens (including phenoxy) is 1. The zero-order valence-electron chi connectivity index (χ0n) is 16.4. The Morgan fingerprint density at radius 1 is 1.11 bits per heavy atom. The number of hydrogen-bond donors (Lipinski definition) is 1. The van der Waals surface area contributed by atoms with Gasteiger partial charge in [0.05, 0.1) is 11.7 Å². The van der Waals surface area contributed by atoms with Gasteiger partial charge in [-0.05, 0) is 56.0 Å². The van der Waals surface area contributed by atoms with Crippen LogP contribution in [0.25, 0.3) is 0 Å². The minimum atomic E-state index is -0.291. The molecule has 4 atom stereocenters. The van der Waals surface area contributed by atoms with Crippen LogP contribution in [0.1, 0.15) is 54.9 Å². The summed E-state index contributed by atoms with van der Waals surface area (Å²) in [5.74, 6) is 0.422. The smallest absolute Gasteiger partial charge is 0.251 e. The molecule has 4 rings (SSSR count). The predicted molar refractivity (Wildman–Crippen MR) is 113 cm³/mol. The zero-order valence-corrected chi connectivity index (χ0v) is 17.1. The van der Waals surface area contributed by atoms with Crippen LogP contribution in [0.3, 0.4) is 0 Å². The van der Waals surface area contributed by atoms with Gasteiger partial charge in [-0.1, -0.05) is 54.8 Å². The number of fused-ring (bicyclic) bond motifs is 1. The monoisotopic (exact) mass is 397 g/mol. The van der Waals surface area contributed by atoms with Gasteiger partial charge >= 0.3 is 0 Å². The van der Waals surface area contributed by atoms with Gasteiger partial charge in [-0.15, -0.1) is 0 Å². The Hall–Kier alpha value is -1.84. The fourth-order valence-electron chi connectivity index (χ4n) is 4.91. The van der Waals surface area contributed by atoms with Crippen molar-refractivity contribution in [2.45, 2.75) is 63.2 Å². The lowest BCUT2D eigenvalue weighted by atomic mass is 9.73. The summed E-state index contributed by atoms with van der Waals surface area (Å²) < 4.78 is 6.65. The fraction of sp³-hybridized carbons (Fsp3) is 0.458. The van der Waals surface area contributed by atoms with Crippen molar-refractivity contribution >= 4 is 17.5 Å².